The van der Waals surface area contributed by atoms with E-state index in [1.54, 1.807) is 0 Å². The van der Waals surface area contributed by atoms with Crippen LogP contribution in [0.5, 0.6) is 0 Å². The number of hydrogen-bond donors (Lipinski definition) is 1. The molecule has 0 amide bonds. The van der Waals surface area contributed by atoms with E-state index in [4.69, 9.17) is 4.74 Å². The summed E-state index contributed by atoms with van der Waals surface area (Å²) in [6.07, 6.45) is 2.36. The Kier molecular flexibility index (Phi) is 5.63. The monoisotopic (exact) mass is 256 g/mol. The van der Waals surface area contributed by atoms with Gasteiger partial charge in [0, 0.05) is 37.9 Å². The van der Waals surface area contributed by atoms with E-state index in [0.29, 0.717) is 11.5 Å². The highest BCUT2D eigenvalue weighted by atomic mass is 16.5. The zero-order valence-electron chi connectivity index (χ0n) is 13.2. The van der Waals surface area contributed by atoms with Crippen molar-refractivity contribution in [2.45, 2.75) is 59.0 Å². The van der Waals surface area contributed by atoms with Gasteiger partial charge in [-0.25, -0.2) is 0 Å². The summed E-state index contributed by atoms with van der Waals surface area (Å²) in [4.78, 5) is 2.52. The summed E-state index contributed by atoms with van der Waals surface area (Å²) < 4.78 is 5.43. The number of nitrogens with zero attached hydrogens (tertiary/aromatic N) is 1. The van der Waals surface area contributed by atoms with E-state index in [1.807, 2.05) is 0 Å². The van der Waals surface area contributed by atoms with Gasteiger partial charge in [0.15, 0.2) is 0 Å². The van der Waals surface area contributed by atoms with E-state index in [1.165, 1.54) is 12.8 Å². The minimum atomic E-state index is 0.203. The van der Waals surface area contributed by atoms with Crippen LogP contribution in [-0.2, 0) is 4.74 Å². The fraction of sp³-hybridized carbons (Fsp3) is 1.00. The molecule has 0 bridgehead atoms. The van der Waals surface area contributed by atoms with Gasteiger partial charge in [-0.3, -0.25) is 0 Å². The van der Waals surface area contributed by atoms with Crippen LogP contribution in [0.4, 0.5) is 0 Å². The third kappa shape index (κ3) is 6.17. The molecule has 1 fully saturated rings. The van der Waals surface area contributed by atoms with Gasteiger partial charge in [-0.2, -0.15) is 0 Å². The van der Waals surface area contributed by atoms with Gasteiger partial charge < -0.3 is 15.0 Å². The van der Waals surface area contributed by atoms with Crippen molar-refractivity contribution in [3.8, 4) is 0 Å². The highest BCUT2D eigenvalue weighted by Crippen LogP contribution is 2.21. The molecule has 3 nitrogen and oxygen atoms in total. The van der Waals surface area contributed by atoms with Gasteiger partial charge in [-0.05, 0) is 46.1 Å². The van der Waals surface area contributed by atoms with Crippen LogP contribution in [-0.4, -0.2) is 49.8 Å². The lowest BCUT2D eigenvalue weighted by Crippen LogP contribution is -2.48. The molecule has 0 aromatic heterocycles. The summed E-state index contributed by atoms with van der Waals surface area (Å²) in [5.74, 6) is 0. The molecule has 0 radical (unpaired) electrons. The molecule has 0 saturated carbocycles. The van der Waals surface area contributed by atoms with Crippen molar-refractivity contribution in [1.82, 2.24) is 10.2 Å². The molecular formula is C15H32N2O. The Balaban J connectivity index is 2.38. The number of nitrogens with one attached hydrogen (secondary N) is 1. The second-order valence-electron chi connectivity index (χ2n) is 7.53. The van der Waals surface area contributed by atoms with Crippen molar-refractivity contribution in [2.75, 3.05) is 33.4 Å². The molecule has 1 heterocycles. The van der Waals surface area contributed by atoms with Crippen molar-refractivity contribution >= 4 is 0 Å². The third-order valence-corrected chi connectivity index (χ3v) is 3.59. The van der Waals surface area contributed by atoms with E-state index in [0.717, 1.165) is 26.3 Å². The molecule has 1 N–H and O–H groups in total. The second kappa shape index (κ2) is 6.36. The predicted molar refractivity (Wildman–Crippen MR) is 78.0 cm³/mol. The van der Waals surface area contributed by atoms with Gasteiger partial charge >= 0.3 is 0 Å². The van der Waals surface area contributed by atoms with Gasteiger partial charge in [0.2, 0.25) is 0 Å². The summed E-state index contributed by atoms with van der Waals surface area (Å²) in [5, 5.41) is 3.62. The summed E-state index contributed by atoms with van der Waals surface area (Å²) in [6.45, 7) is 15.4. The molecular weight excluding hydrogens is 224 g/mol. The summed E-state index contributed by atoms with van der Waals surface area (Å²) in [6, 6.07) is 0.702. The predicted octanol–water partition coefficient (Wildman–Crippen LogP) is 2.51. The average Bonchev–Trinajstić information content (AvgIpc) is 2.26. The van der Waals surface area contributed by atoms with E-state index < -0.39 is 0 Å². The number of rotatable bonds is 5. The first kappa shape index (κ1) is 15.9. The fourth-order valence-corrected chi connectivity index (χ4v) is 2.49. The maximum absolute atomic E-state index is 5.43. The van der Waals surface area contributed by atoms with Crippen LogP contribution in [0.15, 0.2) is 0 Å². The van der Waals surface area contributed by atoms with Crippen molar-refractivity contribution in [3.63, 3.8) is 0 Å². The summed E-state index contributed by atoms with van der Waals surface area (Å²) in [7, 11) is 2.26. The quantitative estimate of drug-likeness (QED) is 0.818. The molecule has 108 valence electrons. The van der Waals surface area contributed by atoms with Crippen LogP contribution in [0.25, 0.3) is 0 Å². The van der Waals surface area contributed by atoms with E-state index in [2.05, 4.69) is 51.9 Å². The maximum Gasteiger partial charge on any atom is 0.0480 e. The first-order valence-electron chi connectivity index (χ1n) is 7.23. The first-order chi connectivity index (χ1) is 8.20. The second-order valence-corrected chi connectivity index (χ2v) is 7.53. The zero-order chi connectivity index (χ0) is 13.8. The number of hydrogen-bond acceptors (Lipinski definition) is 3. The molecule has 0 spiro atoms. The molecule has 0 aliphatic carbocycles. The molecule has 0 unspecified atom stereocenters. The van der Waals surface area contributed by atoms with Gasteiger partial charge in [-0.15, -0.1) is 0 Å². The first-order valence-corrected chi connectivity index (χ1v) is 7.23. The van der Waals surface area contributed by atoms with Crippen LogP contribution in [0.2, 0.25) is 0 Å². The van der Waals surface area contributed by atoms with Crippen molar-refractivity contribution < 1.29 is 4.74 Å². The Morgan fingerprint density at radius 2 is 1.67 bits per heavy atom. The minimum Gasteiger partial charge on any atom is -0.381 e. The molecule has 3 heteroatoms. The highest BCUT2D eigenvalue weighted by Gasteiger charge is 2.26. The Bertz CT molecular complexity index is 239. The molecule has 1 saturated heterocycles. The van der Waals surface area contributed by atoms with Crippen LogP contribution < -0.4 is 5.32 Å². The van der Waals surface area contributed by atoms with Crippen LogP contribution in [0.1, 0.15) is 47.5 Å². The Morgan fingerprint density at radius 3 is 2.17 bits per heavy atom. The van der Waals surface area contributed by atoms with Gasteiger partial charge in [0.1, 0.15) is 0 Å². The standard InChI is InChI=1S/C15H32N2O/c1-14(2,3)16-11-15(4,5)12-17(6)13-7-9-18-10-8-13/h13,16H,7-12H2,1-6H3. The summed E-state index contributed by atoms with van der Waals surface area (Å²) >= 11 is 0. The SMILES string of the molecule is CN(CC(C)(C)CNC(C)(C)C)C1CCOCC1. The van der Waals surface area contributed by atoms with E-state index >= 15 is 0 Å². The lowest BCUT2D eigenvalue weighted by Gasteiger charge is -2.38. The van der Waals surface area contributed by atoms with Gasteiger partial charge in [0.05, 0.1) is 0 Å². The number of ether oxygens (including phenoxy) is 1. The van der Waals surface area contributed by atoms with Crippen molar-refractivity contribution in [1.29, 1.82) is 0 Å². The topological polar surface area (TPSA) is 24.5 Å². The molecule has 1 aliphatic heterocycles. The zero-order valence-corrected chi connectivity index (χ0v) is 13.2. The lowest BCUT2D eigenvalue weighted by atomic mass is 9.90. The van der Waals surface area contributed by atoms with Gasteiger partial charge in [-0.1, -0.05) is 13.8 Å². The maximum atomic E-state index is 5.43. The van der Waals surface area contributed by atoms with Crippen LogP contribution >= 0.6 is 0 Å². The van der Waals surface area contributed by atoms with E-state index in [-0.39, 0.29) is 5.54 Å². The molecule has 1 rings (SSSR count). The Hall–Kier alpha value is -0.120. The molecule has 0 aromatic carbocycles. The van der Waals surface area contributed by atoms with Crippen molar-refractivity contribution in [3.05, 3.63) is 0 Å². The highest BCUT2D eigenvalue weighted by molar-refractivity contribution is 4.82. The largest absolute Gasteiger partial charge is 0.381 e. The van der Waals surface area contributed by atoms with Gasteiger partial charge in [0.25, 0.3) is 0 Å². The molecule has 1 aliphatic rings. The normalized spacial score (nSPS) is 19.5. The third-order valence-electron chi connectivity index (χ3n) is 3.59. The molecule has 18 heavy (non-hydrogen) atoms. The van der Waals surface area contributed by atoms with Crippen LogP contribution in [0, 0.1) is 5.41 Å². The lowest BCUT2D eigenvalue weighted by molar-refractivity contribution is 0.0308. The van der Waals surface area contributed by atoms with Crippen molar-refractivity contribution in [2.24, 2.45) is 5.41 Å². The Morgan fingerprint density at radius 1 is 1.11 bits per heavy atom. The molecule has 0 atom stereocenters. The fourth-order valence-electron chi connectivity index (χ4n) is 2.49. The molecule has 0 aromatic rings. The van der Waals surface area contributed by atoms with E-state index in [9.17, 15) is 0 Å². The Labute approximate surface area is 113 Å². The summed E-state index contributed by atoms with van der Waals surface area (Å²) in [5.41, 5.74) is 0.509. The average molecular weight is 256 g/mol. The minimum absolute atomic E-state index is 0.203. The smallest absolute Gasteiger partial charge is 0.0480 e. The van der Waals surface area contributed by atoms with Crippen LogP contribution in [0.3, 0.4) is 0 Å².